The maximum Gasteiger partial charge on any atom is 0.297 e. The lowest BCUT2D eigenvalue weighted by molar-refractivity contribution is 0.0551. The minimum absolute atomic E-state index is 0.0555. The number of benzene rings is 2. The van der Waals surface area contributed by atoms with Gasteiger partial charge in [-0.1, -0.05) is 15.9 Å². The predicted molar refractivity (Wildman–Crippen MR) is 83.6 cm³/mol. The molecule has 0 radical (unpaired) electrons. The smallest absolute Gasteiger partial charge is 0.297 e. The topological polar surface area (TPSA) is 61.8 Å². The van der Waals surface area contributed by atoms with Gasteiger partial charge in [0.15, 0.2) is 17.6 Å². The Morgan fingerprint density at radius 2 is 1.91 bits per heavy atom. The quantitative estimate of drug-likeness (QED) is 0.735. The molecule has 0 spiro atoms. The molecule has 0 aliphatic carbocycles. The molecule has 3 rings (SSSR count). The summed E-state index contributed by atoms with van der Waals surface area (Å²) in [5.74, 6) is 0.212. The molecule has 1 aliphatic heterocycles. The summed E-state index contributed by atoms with van der Waals surface area (Å²) in [5, 5.41) is 0. The summed E-state index contributed by atoms with van der Waals surface area (Å²) in [6.45, 7) is -0.123. The van der Waals surface area contributed by atoms with Crippen LogP contribution in [0.15, 0.2) is 51.8 Å². The lowest BCUT2D eigenvalue weighted by Crippen LogP contribution is -2.34. The van der Waals surface area contributed by atoms with E-state index in [1.54, 1.807) is 12.1 Å². The van der Waals surface area contributed by atoms with E-state index in [4.69, 9.17) is 13.7 Å². The standard InChI is InChI=1S/C15H12BrFO5S/c16-10-1-4-13(5-2-10)23(18,19)21-9-12-8-20-15-7-11(17)3-6-14(15)22-12/h1-7,12H,8-9H2/t12-/m1/s1. The van der Waals surface area contributed by atoms with Crippen LogP contribution in [-0.2, 0) is 14.3 Å². The van der Waals surface area contributed by atoms with Crippen molar-refractivity contribution in [3.8, 4) is 11.5 Å². The van der Waals surface area contributed by atoms with Crippen molar-refractivity contribution in [1.82, 2.24) is 0 Å². The first-order chi connectivity index (χ1) is 10.9. The molecule has 1 heterocycles. The third kappa shape index (κ3) is 3.82. The highest BCUT2D eigenvalue weighted by Crippen LogP contribution is 2.32. The third-order valence-corrected chi connectivity index (χ3v) is 4.96. The van der Waals surface area contributed by atoms with Crippen molar-refractivity contribution in [3.63, 3.8) is 0 Å². The van der Waals surface area contributed by atoms with Gasteiger partial charge < -0.3 is 9.47 Å². The van der Waals surface area contributed by atoms with Gasteiger partial charge in [0, 0.05) is 10.5 Å². The van der Waals surface area contributed by atoms with Crippen LogP contribution in [-0.4, -0.2) is 27.7 Å². The van der Waals surface area contributed by atoms with E-state index in [2.05, 4.69) is 15.9 Å². The molecule has 2 aromatic rings. The van der Waals surface area contributed by atoms with Gasteiger partial charge in [-0.15, -0.1) is 0 Å². The molecule has 0 N–H and O–H groups in total. The second-order valence-electron chi connectivity index (χ2n) is 4.83. The van der Waals surface area contributed by atoms with Crippen molar-refractivity contribution in [2.45, 2.75) is 11.0 Å². The van der Waals surface area contributed by atoms with Gasteiger partial charge in [0.05, 0.1) is 4.90 Å². The van der Waals surface area contributed by atoms with Crippen molar-refractivity contribution in [2.24, 2.45) is 0 Å². The fraction of sp³-hybridized carbons (Fsp3) is 0.200. The van der Waals surface area contributed by atoms with E-state index in [-0.39, 0.29) is 23.9 Å². The van der Waals surface area contributed by atoms with Gasteiger partial charge in [0.1, 0.15) is 19.0 Å². The molecule has 8 heteroatoms. The first-order valence-electron chi connectivity index (χ1n) is 6.68. The van der Waals surface area contributed by atoms with E-state index in [1.807, 2.05) is 0 Å². The first-order valence-corrected chi connectivity index (χ1v) is 8.88. The van der Waals surface area contributed by atoms with Gasteiger partial charge in [0.2, 0.25) is 0 Å². The van der Waals surface area contributed by atoms with E-state index in [0.29, 0.717) is 5.75 Å². The zero-order chi connectivity index (χ0) is 16.4. The van der Waals surface area contributed by atoms with Crippen LogP contribution in [0.25, 0.3) is 0 Å². The van der Waals surface area contributed by atoms with Crippen LogP contribution in [0, 0.1) is 5.82 Å². The summed E-state index contributed by atoms with van der Waals surface area (Å²) >= 11 is 3.24. The fourth-order valence-corrected chi connectivity index (χ4v) is 3.21. The third-order valence-electron chi connectivity index (χ3n) is 3.14. The molecule has 0 aromatic heterocycles. The van der Waals surface area contributed by atoms with E-state index in [1.165, 1.54) is 30.3 Å². The predicted octanol–water partition coefficient (Wildman–Crippen LogP) is 3.13. The zero-order valence-electron chi connectivity index (χ0n) is 11.7. The Morgan fingerprint density at radius 1 is 1.17 bits per heavy atom. The van der Waals surface area contributed by atoms with Crippen molar-refractivity contribution in [1.29, 1.82) is 0 Å². The molecule has 0 saturated heterocycles. The SMILES string of the molecule is O=S(=O)(OC[C@H]1COc2cc(F)ccc2O1)c1ccc(Br)cc1. The average Bonchev–Trinajstić information content (AvgIpc) is 2.53. The second kappa shape index (κ2) is 6.46. The number of fused-ring (bicyclic) bond motifs is 1. The molecule has 1 aliphatic rings. The molecular formula is C15H12BrFO5S. The van der Waals surface area contributed by atoms with Gasteiger partial charge in [-0.05, 0) is 36.4 Å². The lowest BCUT2D eigenvalue weighted by Gasteiger charge is -2.26. The molecule has 1 atom stereocenters. The molecule has 0 unspecified atom stereocenters. The van der Waals surface area contributed by atoms with Gasteiger partial charge in [-0.3, -0.25) is 4.18 Å². The molecule has 23 heavy (non-hydrogen) atoms. The van der Waals surface area contributed by atoms with E-state index in [9.17, 15) is 12.8 Å². The Hall–Kier alpha value is -1.64. The average molecular weight is 403 g/mol. The molecule has 5 nitrogen and oxygen atoms in total. The first kappa shape index (κ1) is 16.2. The number of rotatable bonds is 4. The van der Waals surface area contributed by atoms with Crippen LogP contribution >= 0.6 is 15.9 Å². The van der Waals surface area contributed by atoms with Crippen molar-refractivity contribution >= 4 is 26.0 Å². The highest BCUT2D eigenvalue weighted by molar-refractivity contribution is 9.10. The van der Waals surface area contributed by atoms with Crippen molar-refractivity contribution in [2.75, 3.05) is 13.2 Å². The highest BCUT2D eigenvalue weighted by Gasteiger charge is 2.25. The van der Waals surface area contributed by atoms with Crippen LogP contribution in [0.2, 0.25) is 0 Å². The number of hydrogen-bond acceptors (Lipinski definition) is 5. The molecule has 0 fully saturated rings. The minimum Gasteiger partial charge on any atom is -0.486 e. The molecule has 122 valence electrons. The van der Waals surface area contributed by atoms with Crippen LogP contribution in [0.1, 0.15) is 0 Å². The van der Waals surface area contributed by atoms with Crippen molar-refractivity contribution < 1.29 is 26.5 Å². The van der Waals surface area contributed by atoms with Crippen LogP contribution in [0.4, 0.5) is 4.39 Å². The fourth-order valence-electron chi connectivity index (χ4n) is 2.01. The van der Waals surface area contributed by atoms with Crippen LogP contribution in [0.5, 0.6) is 11.5 Å². The summed E-state index contributed by atoms with van der Waals surface area (Å²) in [6.07, 6.45) is -0.599. The van der Waals surface area contributed by atoms with Gasteiger partial charge >= 0.3 is 0 Å². The Morgan fingerprint density at radius 3 is 2.65 bits per heavy atom. The van der Waals surface area contributed by atoms with Gasteiger partial charge in [-0.2, -0.15) is 8.42 Å². The van der Waals surface area contributed by atoms with E-state index in [0.717, 1.165) is 4.47 Å². The second-order valence-corrected chi connectivity index (χ2v) is 7.37. The zero-order valence-corrected chi connectivity index (χ0v) is 14.1. The molecule has 0 saturated carbocycles. The van der Waals surface area contributed by atoms with Crippen LogP contribution < -0.4 is 9.47 Å². The summed E-state index contributed by atoms with van der Waals surface area (Å²) in [5.41, 5.74) is 0. The van der Waals surface area contributed by atoms with Crippen LogP contribution in [0.3, 0.4) is 0 Å². The number of hydrogen-bond donors (Lipinski definition) is 0. The van der Waals surface area contributed by atoms with Gasteiger partial charge in [-0.25, -0.2) is 4.39 Å². The monoisotopic (exact) mass is 402 g/mol. The summed E-state index contributed by atoms with van der Waals surface area (Å²) in [4.78, 5) is 0.0555. The largest absolute Gasteiger partial charge is 0.486 e. The summed E-state index contributed by atoms with van der Waals surface area (Å²) in [6, 6.07) is 9.99. The molecule has 2 aromatic carbocycles. The Labute approximate surface area is 141 Å². The maximum absolute atomic E-state index is 13.1. The normalized spacial score (nSPS) is 17.0. The number of ether oxygens (including phenoxy) is 2. The van der Waals surface area contributed by atoms with Gasteiger partial charge in [0.25, 0.3) is 10.1 Å². The lowest BCUT2D eigenvalue weighted by atomic mass is 10.2. The minimum atomic E-state index is -3.88. The maximum atomic E-state index is 13.1. The Bertz CT molecular complexity index is 807. The summed E-state index contributed by atoms with van der Waals surface area (Å²) in [7, 11) is -3.88. The Balaban J connectivity index is 1.65. The van der Waals surface area contributed by atoms with Crippen molar-refractivity contribution in [3.05, 3.63) is 52.8 Å². The van der Waals surface area contributed by atoms with E-state index < -0.39 is 22.0 Å². The molecular weight excluding hydrogens is 391 g/mol. The van der Waals surface area contributed by atoms with E-state index >= 15 is 0 Å². The number of halogens is 2. The molecule has 0 bridgehead atoms. The highest BCUT2D eigenvalue weighted by atomic mass is 79.9. The Kier molecular flexibility index (Phi) is 4.56. The molecule has 0 amide bonds. The summed E-state index contributed by atoms with van der Waals surface area (Å²) < 4.78 is 53.9.